The van der Waals surface area contributed by atoms with E-state index in [1.165, 1.54) is 23.3 Å². The minimum Gasteiger partial charge on any atom is -0.353 e. The second kappa shape index (κ2) is 5.84. The molecule has 4 rings (SSSR count). The fourth-order valence-corrected chi connectivity index (χ4v) is 5.05. The first-order valence-electron chi connectivity index (χ1n) is 8.13. The summed E-state index contributed by atoms with van der Waals surface area (Å²) >= 11 is 7.71. The first-order valence-corrected chi connectivity index (χ1v) is 9.32. The molecular formula is C18H19ClN2OS. The smallest absolute Gasteiger partial charge is 0.256 e. The van der Waals surface area contributed by atoms with Crippen LogP contribution < -0.4 is 10.6 Å². The van der Waals surface area contributed by atoms with Crippen molar-refractivity contribution in [3.8, 4) is 0 Å². The zero-order valence-corrected chi connectivity index (χ0v) is 14.6. The van der Waals surface area contributed by atoms with Crippen molar-refractivity contribution in [2.24, 2.45) is 5.92 Å². The molecule has 23 heavy (non-hydrogen) atoms. The highest BCUT2D eigenvalue weighted by molar-refractivity contribution is 7.16. The van der Waals surface area contributed by atoms with E-state index in [1.54, 1.807) is 11.3 Å². The minimum atomic E-state index is -0.186. The minimum absolute atomic E-state index is 0.0474. The molecule has 0 saturated heterocycles. The predicted octanol–water partition coefficient (Wildman–Crippen LogP) is 4.77. The molecule has 1 aliphatic heterocycles. The van der Waals surface area contributed by atoms with Gasteiger partial charge in [0.05, 0.1) is 5.56 Å². The van der Waals surface area contributed by atoms with Crippen LogP contribution in [0.5, 0.6) is 0 Å². The zero-order chi connectivity index (χ0) is 16.0. The lowest BCUT2D eigenvalue weighted by molar-refractivity contribution is 0.0935. The van der Waals surface area contributed by atoms with Crippen molar-refractivity contribution in [1.82, 2.24) is 5.32 Å². The fraction of sp³-hybridized carbons (Fsp3) is 0.389. The van der Waals surface area contributed by atoms with Crippen molar-refractivity contribution in [3.05, 3.63) is 50.9 Å². The Morgan fingerprint density at radius 1 is 1.26 bits per heavy atom. The third kappa shape index (κ3) is 2.64. The number of thiophene rings is 1. The van der Waals surface area contributed by atoms with Gasteiger partial charge in [-0.05, 0) is 48.4 Å². The predicted molar refractivity (Wildman–Crippen MR) is 95.4 cm³/mol. The molecule has 1 aliphatic carbocycles. The van der Waals surface area contributed by atoms with E-state index in [2.05, 4.69) is 17.6 Å². The monoisotopic (exact) mass is 346 g/mol. The second-order valence-corrected chi connectivity index (χ2v) is 7.87. The lowest BCUT2D eigenvalue weighted by Gasteiger charge is -2.27. The van der Waals surface area contributed by atoms with Gasteiger partial charge in [0, 0.05) is 9.90 Å². The summed E-state index contributed by atoms with van der Waals surface area (Å²) in [5.41, 5.74) is 3.17. The van der Waals surface area contributed by atoms with Crippen LogP contribution in [0.15, 0.2) is 24.3 Å². The molecule has 2 aliphatic rings. The largest absolute Gasteiger partial charge is 0.353 e. The van der Waals surface area contributed by atoms with Gasteiger partial charge in [0.1, 0.15) is 11.2 Å². The van der Waals surface area contributed by atoms with E-state index in [0.717, 1.165) is 34.9 Å². The summed E-state index contributed by atoms with van der Waals surface area (Å²) in [6.07, 6.45) is 4.37. The van der Waals surface area contributed by atoms with Crippen molar-refractivity contribution < 1.29 is 4.79 Å². The molecule has 1 aromatic carbocycles. The Kier molecular flexibility index (Phi) is 3.82. The molecule has 0 fully saturated rings. The van der Waals surface area contributed by atoms with E-state index in [4.69, 9.17) is 11.6 Å². The molecule has 0 bridgehead atoms. The number of hydrogen-bond acceptors (Lipinski definition) is 3. The van der Waals surface area contributed by atoms with Gasteiger partial charge in [0.2, 0.25) is 0 Å². The highest BCUT2D eigenvalue weighted by Crippen LogP contribution is 2.43. The Morgan fingerprint density at radius 3 is 2.78 bits per heavy atom. The molecule has 1 aromatic heterocycles. The molecule has 3 nitrogen and oxygen atoms in total. The molecular weight excluding hydrogens is 328 g/mol. The topological polar surface area (TPSA) is 41.1 Å². The summed E-state index contributed by atoms with van der Waals surface area (Å²) in [6.45, 7) is 2.25. The van der Waals surface area contributed by atoms with Crippen LogP contribution in [0, 0.1) is 5.92 Å². The van der Waals surface area contributed by atoms with Crippen LogP contribution in [-0.2, 0) is 12.8 Å². The van der Waals surface area contributed by atoms with Crippen LogP contribution in [0.4, 0.5) is 5.00 Å². The molecule has 0 saturated carbocycles. The molecule has 2 heterocycles. The molecule has 2 N–H and O–H groups in total. The van der Waals surface area contributed by atoms with E-state index >= 15 is 0 Å². The Labute approximate surface area is 145 Å². The first kappa shape index (κ1) is 15.0. The van der Waals surface area contributed by atoms with E-state index in [9.17, 15) is 4.79 Å². The van der Waals surface area contributed by atoms with Crippen LogP contribution in [0.1, 0.15) is 52.3 Å². The Balaban J connectivity index is 1.66. The van der Waals surface area contributed by atoms with E-state index in [1.807, 2.05) is 24.3 Å². The molecule has 5 heteroatoms. The van der Waals surface area contributed by atoms with Gasteiger partial charge in [-0.15, -0.1) is 11.3 Å². The molecule has 120 valence electrons. The summed E-state index contributed by atoms with van der Waals surface area (Å²) in [6, 6.07) is 7.61. The molecule has 1 amide bonds. The number of nitrogens with one attached hydrogen (secondary N) is 2. The third-order valence-corrected chi connectivity index (χ3v) is 6.36. The molecule has 0 spiro atoms. The number of amides is 1. The number of fused-ring (bicyclic) bond motifs is 3. The molecule has 2 atom stereocenters. The quantitative estimate of drug-likeness (QED) is 0.822. The highest BCUT2D eigenvalue weighted by Gasteiger charge is 2.33. The van der Waals surface area contributed by atoms with Gasteiger partial charge in [0.15, 0.2) is 0 Å². The summed E-state index contributed by atoms with van der Waals surface area (Å²) < 4.78 is 0. The maximum absolute atomic E-state index is 12.6. The summed E-state index contributed by atoms with van der Waals surface area (Å²) in [4.78, 5) is 14.0. The van der Waals surface area contributed by atoms with Crippen LogP contribution in [0.25, 0.3) is 0 Å². The van der Waals surface area contributed by atoms with Crippen molar-refractivity contribution >= 4 is 33.8 Å². The third-order valence-electron chi connectivity index (χ3n) is 4.93. The molecule has 0 unspecified atom stereocenters. The fourth-order valence-electron chi connectivity index (χ4n) is 3.54. The van der Waals surface area contributed by atoms with Crippen LogP contribution in [-0.4, -0.2) is 5.91 Å². The van der Waals surface area contributed by atoms with E-state index in [-0.39, 0.29) is 12.1 Å². The summed E-state index contributed by atoms with van der Waals surface area (Å²) in [5.74, 6) is 0.809. The van der Waals surface area contributed by atoms with Crippen molar-refractivity contribution in [3.63, 3.8) is 0 Å². The zero-order valence-electron chi connectivity index (χ0n) is 13.0. The number of hydrogen-bond donors (Lipinski definition) is 2. The normalized spacial score (nSPS) is 22.8. The van der Waals surface area contributed by atoms with E-state index in [0.29, 0.717) is 5.02 Å². The molecule has 0 radical (unpaired) electrons. The van der Waals surface area contributed by atoms with E-state index < -0.39 is 0 Å². The SMILES string of the molecule is CC[C@@H]1CCc2c(sc3c2C(=O)N[C@@H](c2ccc(Cl)cc2)N3)C1. The van der Waals surface area contributed by atoms with Gasteiger partial charge >= 0.3 is 0 Å². The van der Waals surface area contributed by atoms with Crippen LogP contribution >= 0.6 is 22.9 Å². The van der Waals surface area contributed by atoms with Gasteiger partial charge in [-0.2, -0.15) is 0 Å². The Hall–Kier alpha value is -1.52. The molecule has 2 aromatic rings. The van der Waals surface area contributed by atoms with Crippen molar-refractivity contribution in [1.29, 1.82) is 0 Å². The lowest BCUT2D eigenvalue weighted by Crippen LogP contribution is -2.38. The van der Waals surface area contributed by atoms with Gasteiger partial charge in [0.25, 0.3) is 5.91 Å². The number of benzene rings is 1. The lowest BCUT2D eigenvalue weighted by atomic mass is 9.85. The Bertz CT molecular complexity index is 753. The number of carbonyl (C=O) groups is 1. The van der Waals surface area contributed by atoms with Crippen molar-refractivity contribution in [2.45, 2.75) is 38.8 Å². The number of carbonyl (C=O) groups excluding carboxylic acids is 1. The van der Waals surface area contributed by atoms with Crippen LogP contribution in [0.3, 0.4) is 0 Å². The van der Waals surface area contributed by atoms with Gasteiger partial charge in [-0.3, -0.25) is 4.79 Å². The average Bonchev–Trinajstić information content (AvgIpc) is 2.93. The standard InChI is InChI=1S/C18H19ClN2OS/c1-2-10-3-8-13-14(9-10)23-18-15(13)17(22)20-16(21-18)11-4-6-12(19)7-5-11/h4-7,10,16,21H,2-3,8-9H2,1H3,(H,20,22)/t10-,16-/m1/s1. The average molecular weight is 347 g/mol. The second-order valence-electron chi connectivity index (χ2n) is 6.33. The summed E-state index contributed by atoms with van der Waals surface area (Å²) in [7, 11) is 0. The number of rotatable bonds is 2. The number of halogens is 1. The van der Waals surface area contributed by atoms with Crippen molar-refractivity contribution in [2.75, 3.05) is 5.32 Å². The van der Waals surface area contributed by atoms with Gasteiger partial charge < -0.3 is 10.6 Å². The number of anilines is 1. The van der Waals surface area contributed by atoms with Crippen LogP contribution in [0.2, 0.25) is 5.02 Å². The maximum atomic E-state index is 12.6. The summed E-state index contributed by atoms with van der Waals surface area (Å²) in [5, 5.41) is 8.31. The van der Waals surface area contributed by atoms with Gasteiger partial charge in [-0.1, -0.05) is 37.1 Å². The highest BCUT2D eigenvalue weighted by atomic mass is 35.5. The first-order chi connectivity index (χ1) is 11.2. The van der Waals surface area contributed by atoms with Gasteiger partial charge in [-0.25, -0.2) is 0 Å². The maximum Gasteiger partial charge on any atom is 0.256 e. The Morgan fingerprint density at radius 2 is 2.04 bits per heavy atom.